The molecule has 1 fully saturated rings. The number of halogens is 1. The Balaban J connectivity index is 1.64. The first kappa shape index (κ1) is 24.1. The minimum Gasteiger partial charge on any atom is -0.477 e. The zero-order valence-electron chi connectivity index (χ0n) is 21.2. The molecule has 0 saturated carbocycles. The summed E-state index contributed by atoms with van der Waals surface area (Å²) in [6, 6.07) is 4.72. The number of rotatable bonds is 4. The van der Waals surface area contributed by atoms with Crippen LogP contribution >= 0.6 is 0 Å². The lowest BCUT2D eigenvalue weighted by molar-refractivity contribution is 0.0533. The summed E-state index contributed by atoms with van der Waals surface area (Å²) in [7, 11) is 3.43. The van der Waals surface area contributed by atoms with E-state index in [0.717, 1.165) is 39.3 Å². The van der Waals surface area contributed by atoms with Gasteiger partial charge in [-0.15, -0.1) is 0 Å². The Morgan fingerprint density at radius 3 is 2.76 bits per heavy atom. The van der Waals surface area contributed by atoms with Crippen LogP contribution < -0.4 is 15.6 Å². The molecule has 3 aromatic heterocycles. The summed E-state index contributed by atoms with van der Waals surface area (Å²) in [6.07, 6.45) is 5.26. The Morgan fingerprint density at radius 1 is 1.21 bits per heavy atom. The number of nitrogens with zero attached hydrogens (tertiary/aromatic N) is 4. The van der Waals surface area contributed by atoms with E-state index in [9.17, 15) is 19.1 Å². The van der Waals surface area contributed by atoms with Crippen LogP contribution in [0.3, 0.4) is 0 Å². The van der Waals surface area contributed by atoms with Crippen LogP contribution in [0.2, 0.25) is 0 Å². The molecule has 2 N–H and O–H groups in total. The van der Waals surface area contributed by atoms with Gasteiger partial charge < -0.3 is 24.6 Å². The molecule has 4 heterocycles. The van der Waals surface area contributed by atoms with Crippen molar-refractivity contribution in [2.45, 2.75) is 19.4 Å². The largest absolute Gasteiger partial charge is 0.477 e. The van der Waals surface area contributed by atoms with Crippen LogP contribution in [0.25, 0.3) is 33.3 Å². The second-order valence-corrected chi connectivity index (χ2v) is 9.76. The van der Waals surface area contributed by atoms with E-state index in [-0.39, 0.29) is 22.9 Å². The standard InChI is InChI=1S/C28H26FN5O4/c1-14-12-34(4-5-38-14)25-20(11-31-23-9-17-18(24(23)25)7-16(29)8-22(17)30-2)15-6-19-26(35)21(28(36)37)13-33(3)27(19)32-10-15/h6-8,10-11,13-14,30H,4-5,9,12H2,1-3H3,(H,36,37)/t14-/m0/s1. The van der Waals surface area contributed by atoms with Crippen LogP contribution in [-0.2, 0) is 18.2 Å². The van der Waals surface area contributed by atoms with Crippen LogP contribution in [0.15, 0.2) is 41.6 Å². The molecule has 38 heavy (non-hydrogen) atoms. The number of aryl methyl sites for hydroxylation is 1. The number of carboxylic acid groups (broad SMARTS) is 1. The highest BCUT2D eigenvalue weighted by atomic mass is 19.1. The van der Waals surface area contributed by atoms with Gasteiger partial charge >= 0.3 is 5.97 Å². The van der Waals surface area contributed by atoms with E-state index in [2.05, 4.69) is 15.2 Å². The van der Waals surface area contributed by atoms with Crippen molar-refractivity contribution in [3.05, 3.63) is 69.7 Å². The van der Waals surface area contributed by atoms with Crippen LogP contribution in [0.4, 0.5) is 15.8 Å². The van der Waals surface area contributed by atoms with E-state index in [1.807, 2.05) is 6.92 Å². The number of aromatic nitrogens is 3. The lowest BCUT2D eigenvalue weighted by Crippen LogP contribution is -2.41. The number of aromatic carboxylic acids is 1. The molecule has 1 saturated heterocycles. The van der Waals surface area contributed by atoms with E-state index in [1.165, 1.54) is 16.8 Å². The molecular weight excluding hydrogens is 489 g/mol. The number of hydrogen-bond acceptors (Lipinski definition) is 7. The van der Waals surface area contributed by atoms with Crippen LogP contribution in [0, 0.1) is 5.82 Å². The highest BCUT2D eigenvalue weighted by molar-refractivity contribution is 5.98. The second-order valence-electron chi connectivity index (χ2n) is 9.76. The topological polar surface area (TPSA) is 110 Å². The summed E-state index contributed by atoms with van der Waals surface area (Å²) in [6.45, 7) is 3.80. The first-order valence-electron chi connectivity index (χ1n) is 12.4. The first-order valence-corrected chi connectivity index (χ1v) is 12.4. The van der Waals surface area contributed by atoms with Gasteiger partial charge in [-0.05, 0) is 36.2 Å². The lowest BCUT2D eigenvalue weighted by Gasteiger charge is -2.35. The van der Waals surface area contributed by atoms with Crippen molar-refractivity contribution in [2.24, 2.45) is 7.05 Å². The van der Waals surface area contributed by atoms with Gasteiger partial charge in [0.1, 0.15) is 17.0 Å². The van der Waals surface area contributed by atoms with E-state index in [0.29, 0.717) is 37.3 Å². The minimum absolute atomic E-state index is 0.0122. The van der Waals surface area contributed by atoms with E-state index in [4.69, 9.17) is 9.72 Å². The Kier molecular flexibility index (Phi) is 5.64. The fourth-order valence-electron chi connectivity index (χ4n) is 5.62. The molecule has 0 spiro atoms. The highest BCUT2D eigenvalue weighted by Crippen LogP contribution is 2.49. The third-order valence-corrected chi connectivity index (χ3v) is 7.34. The van der Waals surface area contributed by atoms with Gasteiger partial charge in [0.2, 0.25) is 5.43 Å². The summed E-state index contributed by atoms with van der Waals surface area (Å²) in [5, 5.41) is 12.9. The number of nitrogens with one attached hydrogen (secondary N) is 1. The average molecular weight is 516 g/mol. The number of hydrogen-bond donors (Lipinski definition) is 2. The zero-order valence-corrected chi connectivity index (χ0v) is 21.2. The number of ether oxygens (including phenoxy) is 1. The third kappa shape index (κ3) is 3.71. The molecule has 10 heteroatoms. The van der Waals surface area contributed by atoms with Crippen molar-refractivity contribution in [3.8, 4) is 22.3 Å². The highest BCUT2D eigenvalue weighted by Gasteiger charge is 2.32. The van der Waals surface area contributed by atoms with Gasteiger partial charge in [0.25, 0.3) is 0 Å². The molecule has 1 aliphatic heterocycles. The molecule has 1 atom stereocenters. The van der Waals surface area contributed by atoms with Crippen molar-refractivity contribution >= 4 is 28.4 Å². The number of benzene rings is 1. The Hall–Kier alpha value is -4.31. The maximum Gasteiger partial charge on any atom is 0.341 e. The third-order valence-electron chi connectivity index (χ3n) is 7.34. The molecule has 9 nitrogen and oxygen atoms in total. The normalized spacial score (nSPS) is 16.4. The summed E-state index contributed by atoms with van der Waals surface area (Å²) in [5.41, 5.74) is 5.88. The quantitative estimate of drug-likeness (QED) is 0.373. The molecule has 0 radical (unpaired) electrons. The van der Waals surface area contributed by atoms with Crippen LogP contribution in [0.1, 0.15) is 28.5 Å². The molecule has 1 aromatic carbocycles. The molecule has 1 aliphatic carbocycles. The maximum absolute atomic E-state index is 14.7. The first-order chi connectivity index (χ1) is 18.3. The zero-order chi connectivity index (χ0) is 26.7. The van der Waals surface area contributed by atoms with E-state index in [1.54, 1.807) is 38.6 Å². The van der Waals surface area contributed by atoms with Crippen LogP contribution in [-0.4, -0.2) is 58.5 Å². The number of anilines is 2. The fourth-order valence-corrected chi connectivity index (χ4v) is 5.62. The Morgan fingerprint density at radius 2 is 2.03 bits per heavy atom. The van der Waals surface area contributed by atoms with Crippen molar-refractivity contribution in [3.63, 3.8) is 0 Å². The molecular formula is C28H26FN5O4. The van der Waals surface area contributed by atoms with Gasteiger partial charge in [-0.3, -0.25) is 9.78 Å². The maximum atomic E-state index is 14.7. The monoisotopic (exact) mass is 515 g/mol. The number of carboxylic acids is 1. The molecule has 0 bridgehead atoms. The molecule has 194 valence electrons. The molecule has 4 aromatic rings. The molecule has 2 aliphatic rings. The SMILES string of the molecule is CNc1cc(F)cc2c1Cc1ncc(-c3cnc4c(c3)c(=O)c(C(=O)O)cn4C)c(N3CCO[C@@H](C)C3)c1-2. The smallest absolute Gasteiger partial charge is 0.341 e. The van der Waals surface area contributed by atoms with E-state index < -0.39 is 11.4 Å². The predicted molar refractivity (Wildman–Crippen MR) is 143 cm³/mol. The van der Waals surface area contributed by atoms with Gasteiger partial charge in [-0.25, -0.2) is 14.2 Å². The summed E-state index contributed by atoms with van der Waals surface area (Å²) >= 11 is 0. The molecule has 6 rings (SSSR count). The fraction of sp³-hybridized carbons (Fsp3) is 0.286. The Bertz CT molecular complexity index is 1700. The average Bonchev–Trinajstić information content (AvgIpc) is 3.27. The Labute approximate surface area is 217 Å². The van der Waals surface area contributed by atoms with Crippen molar-refractivity contribution in [1.29, 1.82) is 0 Å². The van der Waals surface area contributed by atoms with Gasteiger partial charge in [-0.2, -0.15) is 0 Å². The molecule has 0 amide bonds. The second kappa shape index (κ2) is 8.91. The summed E-state index contributed by atoms with van der Waals surface area (Å²) in [5.74, 6) is -1.64. The van der Waals surface area contributed by atoms with Gasteiger partial charge in [0.05, 0.1) is 29.5 Å². The minimum atomic E-state index is -1.29. The predicted octanol–water partition coefficient (Wildman–Crippen LogP) is 3.67. The van der Waals surface area contributed by atoms with Gasteiger partial charge in [-0.1, -0.05) is 0 Å². The number of fused-ring (bicyclic) bond motifs is 4. The number of pyridine rings is 3. The van der Waals surface area contributed by atoms with E-state index >= 15 is 0 Å². The van der Waals surface area contributed by atoms with Crippen LogP contribution in [0.5, 0.6) is 0 Å². The van der Waals surface area contributed by atoms with Crippen molar-refractivity contribution in [2.75, 3.05) is 37.0 Å². The molecule has 0 unspecified atom stereocenters. The van der Waals surface area contributed by atoms with Gasteiger partial charge in [0.15, 0.2) is 0 Å². The summed E-state index contributed by atoms with van der Waals surface area (Å²) < 4.78 is 22.1. The lowest BCUT2D eigenvalue weighted by atomic mass is 9.97. The summed E-state index contributed by atoms with van der Waals surface area (Å²) in [4.78, 5) is 36.3. The van der Waals surface area contributed by atoms with Crippen molar-refractivity contribution < 1.29 is 19.0 Å². The number of morpholine rings is 1. The number of carbonyl (C=O) groups is 1. The van der Waals surface area contributed by atoms with Crippen molar-refractivity contribution in [1.82, 2.24) is 14.5 Å². The van der Waals surface area contributed by atoms with Gasteiger partial charge in [0, 0.05) is 74.6 Å².